The quantitative estimate of drug-likeness (QED) is 0.162. The highest BCUT2D eigenvalue weighted by Gasteiger charge is 2.16. The van der Waals surface area contributed by atoms with Crippen molar-refractivity contribution in [3.63, 3.8) is 0 Å². The van der Waals surface area contributed by atoms with E-state index >= 15 is 0 Å². The summed E-state index contributed by atoms with van der Waals surface area (Å²) >= 11 is 10.4. The van der Waals surface area contributed by atoms with Crippen molar-refractivity contribution in [1.82, 2.24) is 19.7 Å². The van der Waals surface area contributed by atoms with Crippen LogP contribution in [0.3, 0.4) is 0 Å². The number of rotatable bonds is 7. The van der Waals surface area contributed by atoms with Gasteiger partial charge in [-0.05, 0) is 65.9 Å². The fourth-order valence-corrected chi connectivity index (χ4v) is 4.80. The summed E-state index contributed by atoms with van der Waals surface area (Å²) in [4.78, 5) is 16.7. The molecule has 0 aliphatic carbocycles. The molecule has 0 amide bonds. The van der Waals surface area contributed by atoms with Gasteiger partial charge >= 0.3 is 5.97 Å². The minimum absolute atomic E-state index is 0.123. The molecular formula is C26H18BrClN4O2S. The normalized spacial score (nSPS) is 11.8. The Morgan fingerprint density at radius 3 is 2.57 bits per heavy atom. The third kappa shape index (κ3) is 5.35. The van der Waals surface area contributed by atoms with Crippen molar-refractivity contribution in [2.24, 2.45) is 0 Å². The maximum Gasteiger partial charge on any atom is 0.342 e. The number of H-pyrrole nitrogens is 1. The van der Waals surface area contributed by atoms with Crippen LogP contribution in [0, 0.1) is 0 Å². The van der Waals surface area contributed by atoms with Gasteiger partial charge in [0.05, 0.1) is 0 Å². The maximum absolute atomic E-state index is 12.1. The number of fused-ring (bicyclic) bond motifs is 1. The van der Waals surface area contributed by atoms with Crippen molar-refractivity contribution >= 4 is 62.2 Å². The van der Waals surface area contributed by atoms with Gasteiger partial charge in [0.2, 0.25) is 5.16 Å². The van der Waals surface area contributed by atoms with Gasteiger partial charge in [0.25, 0.3) is 0 Å². The largest absolute Gasteiger partial charge is 0.477 e. The van der Waals surface area contributed by atoms with Gasteiger partial charge in [0, 0.05) is 44.3 Å². The van der Waals surface area contributed by atoms with Crippen LogP contribution in [-0.4, -0.2) is 30.8 Å². The topological polar surface area (TPSA) is 83.8 Å². The van der Waals surface area contributed by atoms with Crippen LogP contribution in [0.4, 0.5) is 0 Å². The van der Waals surface area contributed by atoms with Gasteiger partial charge in [-0.3, -0.25) is 5.10 Å². The number of nitrogens with zero attached hydrogens (tertiary/aromatic N) is 3. The standard InChI is InChI=1S/C26H18BrClN4O2S/c27-19-9-5-16(6-10-19)14-32-15-18(21-3-1-2-4-22(21)32)13-23(25(33)34)35-26-29-24(30-31-26)17-7-11-20(28)12-8-17/h1-13,15H,14H2,(H,33,34)(H,29,30,31)/b23-13-. The first-order chi connectivity index (χ1) is 17.0. The number of hydrogen-bond donors (Lipinski definition) is 2. The van der Waals surface area contributed by atoms with Crippen LogP contribution < -0.4 is 0 Å². The second kappa shape index (κ2) is 10.1. The van der Waals surface area contributed by atoms with Crippen LogP contribution >= 0.6 is 39.3 Å². The summed E-state index contributed by atoms with van der Waals surface area (Å²) in [5.74, 6) is -0.502. The van der Waals surface area contributed by atoms with Crippen LogP contribution in [0.25, 0.3) is 28.4 Å². The lowest BCUT2D eigenvalue weighted by atomic mass is 10.1. The molecule has 0 saturated carbocycles. The van der Waals surface area contributed by atoms with Crippen LogP contribution in [-0.2, 0) is 11.3 Å². The zero-order chi connectivity index (χ0) is 24.4. The van der Waals surface area contributed by atoms with E-state index in [0.717, 1.165) is 43.8 Å². The third-order valence-corrected chi connectivity index (χ3v) is 7.02. The number of benzene rings is 3. The predicted molar refractivity (Wildman–Crippen MR) is 143 cm³/mol. The highest BCUT2D eigenvalue weighted by atomic mass is 79.9. The van der Waals surface area contributed by atoms with Crippen LogP contribution in [0.1, 0.15) is 11.1 Å². The van der Waals surface area contributed by atoms with E-state index in [1.54, 1.807) is 18.2 Å². The summed E-state index contributed by atoms with van der Waals surface area (Å²) in [6.07, 6.45) is 3.65. The first-order valence-electron chi connectivity index (χ1n) is 10.6. The first-order valence-corrected chi connectivity index (χ1v) is 12.6. The molecule has 174 valence electrons. The van der Waals surface area contributed by atoms with Crippen molar-refractivity contribution in [3.05, 3.63) is 105 Å². The number of thioether (sulfide) groups is 1. The molecule has 0 aliphatic heterocycles. The lowest BCUT2D eigenvalue weighted by Crippen LogP contribution is -1.98. The lowest BCUT2D eigenvalue weighted by molar-refractivity contribution is -0.131. The predicted octanol–water partition coefficient (Wildman–Crippen LogP) is 7.11. The molecule has 0 radical (unpaired) electrons. The molecule has 6 nitrogen and oxygen atoms in total. The lowest BCUT2D eigenvalue weighted by Gasteiger charge is -2.05. The molecule has 5 rings (SSSR count). The molecule has 0 unspecified atom stereocenters. The smallest absolute Gasteiger partial charge is 0.342 e. The summed E-state index contributed by atoms with van der Waals surface area (Å²) in [5, 5.41) is 18.9. The van der Waals surface area contributed by atoms with Gasteiger partial charge < -0.3 is 9.67 Å². The number of carboxylic acids is 1. The molecule has 5 aromatic rings. The van der Waals surface area contributed by atoms with Gasteiger partial charge in [-0.1, -0.05) is 57.9 Å². The van der Waals surface area contributed by atoms with Crippen molar-refractivity contribution < 1.29 is 9.90 Å². The molecule has 2 aromatic heterocycles. The monoisotopic (exact) mass is 564 g/mol. The Morgan fingerprint density at radius 1 is 1.09 bits per heavy atom. The molecule has 0 fully saturated rings. The Kier molecular flexibility index (Phi) is 6.77. The van der Waals surface area contributed by atoms with Crippen molar-refractivity contribution in [2.45, 2.75) is 11.7 Å². The number of carbonyl (C=O) groups is 1. The summed E-state index contributed by atoms with van der Waals surface area (Å²) in [7, 11) is 0. The second-order valence-corrected chi connectivity index (χ2v) is 10.1. The van der Waals surface area contributed by atoms with Gasteiger partial charge in [-0.2, -0.15) is 0 Å². The number of carboxylic acid groups (broad SMARTS) is 1. The Hall–Kier alpha value is -3.33. The minimum atomic E-state index is -1.04. The van der Waals surface area contributed by atoms with E-state index in [0.29, 0.717) is 22.5 Å². The molecule has 35 heavy (non-hydrogen) atoms. The van der Waals surface area contributed by atoms with E-state index in [2.05, 4.69) is 47.8 Å². The van der Waals surface area contributed by atoms with Crippen LogP contribution in [0.15, 0.2) is 93.5 Å². The molecule has 3 aromatic carbocycles. The number of aliphatic carboxylic acids is 1. The number of aromatic amines is 1. The number of aromatic nitrogens is 4. The summed E-state index contributed by atoms with van der Waals surface area (Å²) in [6.45, 7) is 0.669. The minimum Gasteiger partial charge on any atom is -0.477 e. The highest BCUT2D eigenvalue weighted by molar-refractivity contribution is 9.10. The number of para-hydroxylation sites is 1. The van der Waals surface area contributed by atoms with Gasteiger partial charge in [-0.25, -0.2) is 9.78 Å². The summed E-state index contributed by atoms with van der Waals surface area (Å²) < 4.78 is 3.15. The zero-order valence-corrected chi connectivity index (χ0v) is 21.3. The number of halogens is 2. The van der Waals surface area contributed by atoms with E-state index < -0.39 is 5.97 Å². The highest BCUT2D eigenvalue weighted by Crippen LogP contribution is 2.31. The van der Waals surface area contributed by atoms with Gasteiger partial charge in [0.15, 0.2) is 5.82 Å². The van der Waals surface area contributed by atoms with E-state index in [9.17, 15) is 9.90 Å². The fourth-order valence-electron chi connectivity index (χ4n) is 3.71. The van der Waals surface area contributed by atoms with Gasteiger partial charge in [-0.15, -0.1) is 5.10 Å². The Bertz CT molecular complexity index is 1540. The molecule has 0 aliphatic rings. The first kappa shape index (κ1) is 23.4. The molecular weight excluding hydrogens is 548 g/mol. The van der Waals surface area contributed by atoms with Crippen LogP contribution in [0.5, 0.6) is 0 Å². The average molecular weight is 566 g/mol. The van der Waals surface area contributed by atoms with E-state index in [1.807, 2.05) is 54.7 Å². The third-order valence-electron chi connectivity index (χ3n) is 5.37. The summed E-state index contributed by atoms with van der Waals surface area (Å²) in [5.41, 5.74) is 3.80. The van der Waals surface area contributed by atoms with Crippen LogP contribution in [0.2, 0.25) is 5.02 Å². The Morgan fingerprint density at radius 2 is 1.83 bits per heavy atom. The molecule has 2 heterocycles. The number of nitrogens with one attached hydrogen (secondary N) is 1. The van der Waals surface area contributed by atoms with Crippen molar-refractivity contribution in [2.75, 3.05) is 0 Å². The Labute approximate surface area is 218 Å². The van der Waals surface area contributed by atoms with E-state index in [1.165, 1.54) is 0 Å². The molecule has 2 N–H and O–H groups in total. The summed E-state index contributed by atoms with van der Waals surface area (Å²) in [6, 6.07) is 23.3. The SMILES string of the molecule is O=C(O)/C(=C/c1cn(Cc2ccc(Br)cc2)c2ccccc12)Sc1n[nH]c(-c2ccc(Cl)cc2)n1. The number of hydrogen-bond acceptors (Lipinski definition) is 4. The average Bonchev–Trinajstić information content (AvgIpc) is 3.46. The van der Waals surface area contributed by atoms with Crippen molar-refractivity contribution in [1.29, 1.82) is 0 Å². The second-order valence-electron chi connectivity index (χ2n) is 7.75. The zero-order valence-electron chi connectivity index (χ0n) is 18.2. The fraction of sp³-hybridized carbons (Fsp3) is 0.0385. The molecule has 9 heteroatoms. The van der Waals surface area contributed by atoms with E-state index in [-0.39, 0.29) is 4.91 Å². The maximum atomic E-state index is 12.1. The van der Waals surface area contributed by atoms with Gasteiger partial charge in [0.1, 0.15) is 4.91 Å². The molecule has 0 atom stereocenters. The molecule has 0 saturated heterocycles. The molecule has 0 spiro atoms. The van der Waals surface area contributed by atoms with E-state index in [4.69, 9.17) is 11.6 Å². The Balaban J connectivity index is 1.46. The molecule has 0 bridgehead atoms. The van der Waals surface area contributed by atoms with Crippen molar-refractivity contribution in [3.8, 4) is 11.4 Å².